The maximum absolute atomic E-state index is 12.1. The van der Waals surface area contributed by atoms with Crippen molar-refractivity contribution in [3.63, 3.8) is 0 Å². The first-order valence-corrected chi connectivity index (χ1v) is 4.77. The van der Waals surface area contributed by atoms with Crippen molar-refractivity contribution in [2.45, 2.75) is 37.9 Å². The van der Waals surface area contributed by atoms with E-state index in [1.54, 1.807) is 0 Å². The van der Waals surface area contributed by atoms with Gasteiger partial charge >= 0.3 is 6.98 Å². The molecule has 0 saturated heterocycles. The van der Waals surface area contributed by atoms with E-state index in [1.165, 1.54) is 19.3 Å². The summed E-state index contributed by atoms with van der Waals surface area (Å²) in [6.07, 6.45) is 4.48. The van der Waals surface area contributed by atoms with Gasteiger partial charge in [-0.1, -0.05) is 37.9 Å². The zero-order chi connectivity index (χ0) is 8.77. The molecule has 0 nitrogen and oxygen atoms in total. The van der Waals surface area contributed by atoms with E-state index in [-0.39, 0.29) is 0 Å². The van der Waals surface area contributed by atoms with Gasteiger partial charge < -0.3 is 12.9 Å². The lowest BCUT2D eigenvalue weighted by Gasteiger charge is -2.48. The second-order valence-corrected chi connectivity index (χ2v) is 4.31. The van der Waals surface area contributed by atoms with E-state index >= 15 is 0 Å². The Hall–Kier alpha value is -0.145. The summed E-state index contributed by atoms with van der Waals surface area (Å²) in [5, 5.41) is 0. The molecule has 0 amide bonds. The summed E-state index contributed by atoms with van der Waals surface area (Å²) in [5.74, 6) is 0.169. The van der Waals surface area contributed by atoms with Crippen LogP contribution >= 0.6 is 0 Å². The summed E-state index contributed by atoms with van der Waals surface area (Å²) in [4.78, 5) is 0. The molecular weight excluding hydrogens is 164 g/mol. The molecule has 2 fully saturated rings. The molecule has 0 N–H and O–H groups in total. The largest absolute Gasteiger partial charge is 0.481 e. The molecule has 0 unspecified atom stereocenters. The average Bonchev–Trinajstić information content (AvgIpc) is 1.67. The van der Waals surface area contributed by atoms with Gasteiger partial charge in [0.05, 0.1) is 0 Å². The summed E-state index contributed by atoms with van der Waals surface area (Å²) in [6.45, 7) is -4.52. The molecule has 0 aliphatic heterocycles. The molecule has 2 rings (SSSR count). The van der Waals surface area contributed by atoms with E-state index in [0.717, 1.165) is 0 Å². The summed E-state index contributed by atoms with van der Waals surface area (Å²) in [7, 11) is 0. The van der Waals surface area contributed by atoms with Gasteiger partial charge in [-0.3, -0.25) is 0 Å². The number of hydrogen-bond donors (Lipinski definition) is 0. The van der Waals surface area contributed by atoms with Crippen LogP contribution < -0.4 is 0 Å². The first-order valence-electron chi connectivity index (χ1n) is 4.77. The van der Waals surface area contributed by atoms with Gasteiger partial charge in [0.1, 0.15) is 0 Å². The van der Waals surface area contributed by atoms with Crippen LogP contribution in [-0.2, 0) is 0 Å². The molecule has 0 aromatic heterocycles. The summed E-state index contributed by atoms with van der Waals surface area (Å²) in [6, 6.07) is 0. The lowest BCUT2D eigenvalue weighted by Crippen LogP contribution is -2.39. The zero-order valence-corrected chi connectivity index (χ0v) is 6.98. The Kier molecular flexibility index (Phi) is 1.88. The molecule has 0 spiro atoms. The maximum Gasteiger partial charge on any atom is 0.481 e. The first-order chi connectivity index (χ1) is 5.57. The van der Waals surface area contributed by atoms with Crippen molar-refractivity contribution in [1.29, 1.82) is 0 Å². The monoisotopic (exact) mass is 177 g/mol. The second-order valence-electron chi connectivity index (χ2n) is 4.31. The number of rotatable bonds is 2. The highest BCUT2D eigenvalue weighted by Gasteiger charge is 2.46. The fourth-order valence-electron chi connectivity index (χ4n) is 2.31. The van der Waals surface area contributed by atoms with E-state index in [4.69, 9.17) is 0 Å². The van der Waals surface area contributed by atoms with Crippen LogP contribution in [0.2, 0.25) is 5.82 Å². The van der Waals surface area contributed by atoms with Crippen molar-refractivity contribution in [2.24, 2.45) is 11.8 Å². The molecule has 0 heterocycles. The normalized spacial score (nSPS) is 37.2. The number of hydrogen-bond acceptors (Lipinski definition) is 0. The molecule has 2 saturated carbocycles. The van der Waals surface area contributed by atoms with E-state index in [1.807, 2.05) is 0 Å². The predicted molar refractivity (Wildman–Crippen MR) is 42.9 cm³/mol. The van der Waals surface area contributed by atoms with Gasteiger partial charge in [-0.15, -0.1) is 0 Å². The molecule has 0 atom stereocenters. The maximum atomic E-state index is 12.1. The van der Waals surface area contributed by atoms with Gasteiger partial charge in [-0.2, -0.15) is 0 Å². The van der Waals surface area contributed by atoms with Crippen LogP contribution in [0.4, 0.5) is 12.9 Å². The Labute approximate surface area is 70.6 Å². The van der Waals surface area contributed by atoms with Crippen LogP contribution in [0, 0.1) is 11.8 Å². The first kappa shape index (κ1) is 8.45. The van der Waals surface area contributed by atoms with Crippen molar-refractivity contribution in [2.75, 3.05) is 0 Å². The SMILES string of the molecule is F[B-](F)(F)C1CC(C2CCC2)C1. The van der Waals surface area contributed by atoms with Crippen LogP contribution in [0.25, 0.3) is 0 Å². The van der Waals surface area contributed by atoms with Crippen LogP contribution in [0.5, 0.6) is 0 Å². The Bertz CT molecular complexity index is 168. The Morgan fingerprint density at radius 1 is 0.917 bits per heavy atom. The summed E-state index contributed by atoms with van der Waals surface area (Å²) in [5.41, 5.74) is 0. The van der Waals surface area contributed by atoms with Gasteiger partial charge in [-0.05, 0) is 11.8 Å². The second kappa shape index (κ2) is 2.67. The average molecular weight is 177 g/mol. The van der Waals surface area contributed by atoms with Gasteiger partial charge in [0.25, 0.3) is 0 Å². The molecule has 12 heavy (non-hydrogen) atoms. The highest BCUT2D eigenvalue weighted by atomic mass is 19.4. The van der Waals surface area contributed by atoms with Crippen LogP contribution in [0.3, 0.4) is 0 Å². The third-order valence-electron chi connectivity index (χ3n) is 3.56. The van der Waals surface area contributed by atoms with E-state index < -0.39 is 12.8 Å². The zero-order valence-electron chi connectivity index (χ0n) is 6.98. The van der Waals surface area contributed by atoms with Crippen molar-refractivity contribution in [1.82, 2.24) is 0 Å². The molecular formula is C8H13BF3-. The highest BCUT2D eigenvalue weighted by Crippen LogP contribution is 2.54. The molecule has 2 aliphatic rings. The van der Waals surface area contributed by atoms with Crippen LogP contribution in [-0.4, -0.2) is 6.98 Å². The lowest BCUT2D eigenvalue weighted by molar-refractivity contribution is 0.115. The summed E-state index contributed by atoms with van der Waals surface area (Å²) >= 11 is 0. The molecule has 0 aromatic rings. The summed E-state index contributed by atoms with van der Waals surface area (Å²) < 4.78 is 36.4. The Morgan fingerprint density at radius 3 is 1.83 bits per heavy atom. The quantitative estimate of drug-likeness (QED) is 0.567. The molecule has 2 aliphatic carbocycles. The standard InChI is InChI=1S/C8H13BF3/c10-9(11,12)8-4-7(5-8)6-2-1-3-6/h6-8H,1-5H2/q-1. The molecule has 0 aromatic carbocycles. The Balaban J connectivity index is 1.76. The van der Waals surface area contributed by atoms with Gasteiger partial charge in [0.2, 0.25) is 0 Å². The minimum atomic E-state index is -4.52. The molecule has 0 bridgehead atoms. The van der Waals surface area contributed by atoms with Crippen molar-refractivity contribution in [3.8, 4) is 0 Å². The van der Waals surface area contributed by atoms with Crippen LogP contribution in [0.1, 0.15) is 32.1 Å². The third-order valence-corrected chi connectivity index (χ3v) is 3.56. The fourth-order valence-corrected chi connectivity index (χ4v) is 2.31. The van der Waals surface area contributed by atoms with E-state index in [2.05, 4.69) is 0 Å². The lowest BCUT2D eigenvalue weighted by atomic mass is 9.51. The third kappa shape index (κ3) is 1.36. The predicted octanol–water partition coefficient (Wildman–Crippen LogP) is 3.41. The number of halogens is 3. The molecule has 0 radical (unpaired) electrons. The van der Waals surface area contributed by atoms with Gasteiger partial charge in [0.15, 0.2) is 0 Å². The van der Waals surface area contributed by atoms with E-state index in [9.17, 15) is 12.9 Å². The molecule has 70 valence electrons. The van der Waals surface area contributed by atoms with Crippen molar-refractivity contribution >= 4 is 6.98 Å². The van der Waals surface area contributed by atoms with Gasteiger partial charge in [-0.25, -0.2) is 0 Å². The minimum Gasteiger partial charge on any atom is -0.449 e. The van der Waals surface area contributed by atoms with Crippen LogP contribution in [0.15, 0.2) is 0 Å². The smallest absolute Gasteiger partial charge is 0.449 e. The Morgan fingerprint density at radius 2 is 1.50 bits per heavy atom. The fraction of sp³-hybridized carbons (Fsp3) is 1.00. The van der Waals surface area contributed by atoms with Gasteiger partial charge in [0, 0.05) is 0 Å². The topological polar surface area (TPSA) is 0 Å². The molecule has 4 heteroatoms. The van der Waals surface area contributed by atoms with Crippen molar-refractivity contribution in [3.05, 3.63) is 0 Å². The highest BCUT2D eigenvalue weighted by molar-refractivity contribution is 6.60. The minimum absolute atomic E-state index is 0.423. The van der Waals surface area contributed by atoms with E-state index in [0.29, 0.717) is 24.7 Å². The van der Waals surface area contributed by atoms with Crippen molar-refractivity contribution < 1.29 is 12.9 Å².